The van der Waals surface area contributed by atoms with Gasteiger partial charge in [-0.15, -0.1) is 0 Å². The van der Waals surface area contributed by atoms with E-state index in [2.05, 4.69) is 0 Å². The van der Waals surface area contributed by atoms with Crippen LogP contribution in [0.2, 0.25) is 0 Å². The summed E-state index contributed by atoms with van der Waals surface area (Å²) >= 11 is 0. The first-order valence-corrected chi connectivity index (χ1v) is 4.65. The number of para-hydroxylation sites is 1. The van der Waals surface area contributed by atoms with Gasteiger partial charge in [-0.3, -0.25) is 10.1 Å². The minimum absolute atomic E-state index is 0.0184. The highest BCUT2D eigenvalue weighted by molar-refractivity contribution is 5.67. The van der Waals surface area contributed by atoms with E-state index in [4.69, 9.17) is 4.74 Å². The van der Waals surface area contributed by atoms with Crippen LogP contribution in [0.3, 0.4) is 0 Å². The lowest BCUT2D eigenvalue weighted by atomic mass is 10.0. The molecule has 0 radical (unpaired) electrons. The topological polar surface area (TPSA) is 52.4 Å². The van der Waals surface area contributed by atoms with Crippen LogP contribution in [0.15, 0.2) is 24.3 Å². The molecule has 0 aliphatic carbocycles. The largest absolute Gasteiger partial charge is 0.476 e. The first-order chi connectivity index (χ1) is 6.99. The third-order valence-corrected chi connectivity index (χ3v) is 2.25. The molecule has 0 atom stereocenters. The van der Waals surface area contributed by atoms with Gasteiger partial charge in [-0.2, -0.15) is 0 Å². The van der Waals surface area contributed by atoms with E-state index in [1.54, 1.807) is 12.1 Å². The van der Waals surface area contributed by atoms with Gasteiger partial charge in [-0.05, 0) is 19.9 Å². The lowest BCUT2D eigenvalue weighted by molar-refractivity contribution is -0.386. The Bertz CT molecular complexity index is 449. The number of rotatable bonds is 1. The second kappa shape index (κ2) is 3.08. The maximum absolute atomic E-state index is 10.8. The van der Waals surface area contributed by atoms with Gasteiger partial charge in [-0.1, -0.05) is 18.2 Å². The van der Waals surface area contributed by atoms with Crippen molar-refractivity contribution in [2.45, 2.75) is 19.4 Å². The van der Waals surface area contributed by atoms with Crippen LogP contribution in [0.4, 0.5) is 5.69 Å². The SMILES string of the molecule is CC1(C)C=Cc2cccc([N+](=O)[O-])c2O1. The van der Waals surface area contributed by atoms with Gasteiger partial charge in [-0.25, -0.2) is 0 Å². The van der Waals surface area contributed by atoms with E-state index in [1.165, 1.54) is 6.07 Å². The van der Waals surface area contributed by atoms with Crippen LogP contribution in [0, 0.1) is 10.1 Å². The third-order valence-electron chi connectivity index (χ3n) is 2.25. The predicted molar refractivity (Wildman–Crippen MR) is 56.8 cm³/mol. The van der Waals surface area contributed by atoms with Crippen LogP contribution < -0.4 is 4.74 Å². The molecule has 0 amide bonds. The van der Waals surface area contributed by atoms with Gasteiger partial charge in [0.15, 0.2) is 0 Å². The Kier molecular flexibility index (Phi) is 2.00. The first kappa shape index (κ1) is 9.71. The molecule has 15 heavy (non-hydrogen) atoms. The summed E-state index contributed by atoms with van der Waals surface area (Å²) in [4.78, 5) is 10.4. The summed E-state index contributed by atoms with van der Waals surface area (Å²) in [5, 5.41) is 10.8. The van der Waals surface area contributed by atoms with Gasteiger partial charge in [0.25, 0.3) is 0 Å². The van der Waals surface area contributed by atoms with E-state index >= 15 is 0 Å². The number of nitro benzene ring substituents is 1. The molecule has 1 aromatic carbocycles. The molecule has 0 aromatic heterocycles. The van der Waals surface area contributed by atoms with Crippen LogP contribution in [-0.2, 0) is 0 Å². The minimum Gasteiger partial charge on any atom is -0.476 e. The molecule has 1 aliphatic heterocycles. The Balaban J connectivity index is 2.58. The van der Waals surface area contributed by atoms with Gasteiger partial charge in [0.05, 0.1) is 4.92 Å². The monoisotopic (exact) mass is 205 g/mol. The number of ether oxygens (including phenoxy) is 1. The minimum atomic E-state index is -0.487. The molecule has 0 saturated carbocycles. The molecule has 0 unspecified atom stereocenters. The summed E-state index contributed by atoms with van der Waals surface area (Å²) in [6.07, 6.45) is 3.74. The lowest BCUT2D eigenvalue weighted by Crippen LogP contribution is -2.27. The molecule has 4 nitrogen and oxygen atoms in total. The summed E-state index contributed by atoms with van der Waals surface area (Å²) in [6.45, 7) is 3.73. The Morgan fingerprint density at radius 2 is 2.13 bits per heavy atom. The van der Waals surface area contributed by atoms with E-state index in [-0.39, 0.29) is 5.69 Å². The van der Waals surface area contributed by atoms with Gasteiger partial charge in [0.2, 0.25) is 5.75 Å². The standard InChI is InChI=1S/C11H11NO3/c1-11(2)7-6-8-4-3-5-9(12(13)14)10(8)15-11/h3-7H,1-2H3. The van der Waals surface area contributed by atoms with E-state index in [0.717, 1.165) is 5.56 Å². The number of benzene rings is 1. The van der Waals surface area contributed by atoms with Crippen LogP contribution in [0.5, 0.6) is 5.75 Å². The van der Waals surface area contributed by atoms with E-state index in [0.29, 0.717) is 5.75 Å². The van der Waals surface area contributed by atoms with Crippen molar-refractivity contribution in [3.8, 4) is 5.75 Å². The summed E-state index contributed by atoms with van der Waals surface area (Å²) in [5.74, 6) is 0.356. The maximum Gasteiger partial charge on any atom is 0.311 e. The lowest BCUT2D eigenvalue weighted by Gasteiger charge is -2.27. The van der Waals surface area contributed by atoms with Crippen LogP contribution >= 0.6 is 0 Å². The van der Waals surface area contributed by atoms with Crippen molar-refractivity contribution >= 4 is 11.8 Å². The zero-order valence-electron chi connectivity index (χ0n) is 8.56. The van der Waals surface area contributed by atoms with E-state index in [1.807, 2.05) is 26.0 Å². The van der Waals surface area contributed by atoms with E-state index in [9.17, 15) is 10.1 Å². The van der Waals surface area contributed by atoms with Gasteiger partial charge in [0.1, 0.15) is 5.60 Å². The quantitative estimate of drug-likeness (QED) is 0.523. The molecule has 0 spiro atoms. The fourth-order valence-electron chi connectivity index (χ4n) is 1.52. The van der Waals surface area contributed by atoms with Crippen molar-refractivity contribution in [2.24, 2.45) is 0 Å². The Hall–Kier alpha value is -1.84. The fraction of sp³-hybridized carbons (Fsp3) is 0.273. The zero-order valence-corrected chi connectivity index (χ0v) is 8.56. The van der Waals surface area contributed by atoms with Gasteiger partial charge in [0, 0.05) is 11.6 Å². The third kappa shape index (κ3) is 1.70. The molecular formula is C11H11NO3. The highest BCUT2D eigenvalue weighted by Gasteiger charge is 2.27. The van der Waals surface area contributed by atoms with Gasteiger partial charge < -0.3 is 4.74 Å². The van der Waals surface area contributed by atoms with Crippen molar-refractivity contribution < 1.29 is 9.66 Å². The molecule has 0 bridgehead atoms. The molecule has 0 saturated heterocycles. The molecule has 78 valence electrons. The fourth-order valence-corrected chi connectivity index (χ4v) is 1.52. The molecule has 0 N–H and O–H groups in total. The van der Waals surface area contributed by atoms with E-state index < -0.39 is 10.5 Å². The molecule has 4 heteroatoms. The second-order valence-corrected chi connectivity index (χ2v) is 3.99. The zero-order chi connectivity index (χ0) is 11.1. The average molecular weight is 205 g/mol. The summed E-state index contributed by atoms with van der Waals surface area (Å²) in [5.41, 5.74) is 0.285. The Morgan fingerprint density at radius 3 is 2.80 bits per heavy atom. The van der Waals surface area contributed by atoms with Crippen molar-refractivity contribution in [3.05, 3.63) is 40.0 Å². The second-order valence-electron chi connectivity index (χ2n) is 3.99. The smallest absolute Gasteiger partial charge is 0.311 e. The predicted octanol–water partition coefficient (Wildman–Crippen LogP) is 2.78. The number of nitrogens with zero attached hydrogens (tertiary/aromatic N) is 1. The van der Waals surface area contributed by atoms with Crippen LogP contribution in [0.1, 0.15) is 19.4 Å². The molecule has 0 fully saturated rings. The molecule has 1 aromatic rings. The average Bonchev–Trinajstić information content (AvgIpc) is 2.15. The summed E-state index contributed by atoms with van der Waals surface area (Å²) in [6, 6.07) is 4.91. The maximum atomic E-state index is 10.8. The number of nitro groups is 1. The van der Waals surface area contributed by atoms with Crippen molar-refractivity contribution in [3.63, 3.8) is 0 Å². The van der Waals surface area contributed by atoms with Gasteiger partial charge >= 0.3 is 5.69 Å². The Morgan fingerprint density at radius 1 is 1.40 bits per heavy atom. The molecule has 1 aliphatic rings. The van der Waals surface area contributed by atoms with Crippen LogP contribution in [0.25, 0.3) is 6.08 Å². The normalized spacial score (nSPS) is 16.7. The number of hydrogen-bond donors (Lipinski definition) is 0. The van der Waals surface area contributed by atoms with Crippen LogP contribution in [-0.4, -0.2) is 10.5 Å². The van der Waals surface area contributed by atoms with Crippen molar-refractivity contribution in [1.29, 1.82) is 0 Å². The summed E-state index contributed by atoms with van der Waals surface area (Å²) < 4.78 is 5.58. The molecule has 1 heterocycles. The highest BCUT2D eigenvalue weighted by atomic mass is 16.6. The summed E-state index contributed by atoms with van der Waals surface area (Å²) in [7, 11) is 0. The number of hydrogen-bond acceptors (Lipinski definition) is 3. The Labute approximate surface area is 87.3 Å². The number of fused-ring (bicyclic) bond motifs is 1. The highest BCUT2D eigenvalue weighted by Crippen LogP contribution is 2.37. The van der Waals surface area contributed by atoms with Crippen molar-refractivity contribution in [1.82, 2.24) is 0 Å². The molecule has 2 rings (SSSR count). The first-order valence-electron chi connectivity index (χ1n) is 4.65. The molecular weight excluding hydrogens is 194 g/mol. The van der Waals surface area contributed by atoms with Crippen molar-refractivity contribution in [2.75, 3.05) is 0 Å².